The van der Waals surface area contributed by atoms with Crippen LogP contribution in [-0.2, 0) is 12.0 Å². The Morgan fingerprint density at radius 1 is 1.27 bits per heavy atom. The maximum Gasteiger partial charge on any atom is 0.202 e. The lowest BCUT2D eigenvalue weighted by atomic mass is 9.72. The van der Waals surface area contributed by atoms with E-state index >= 15 is 0 Å². The molecule has 0 atom stereocenters. The number of H-pyrrole nitrogens is 1. The van der Waals surface area contributed by atoms with Crippen molar-refractivity contribution < 1.29 is 9.90 Å². The van der Waals surface area contributed by atoms with Crippen molar-refractivity contribution in [3.63, 3.8) is 0 Å². The van der Waals surface area contributed by atoms with Gasteiger partial charge < -0.3 is 10.1 Å². The highest BCUT2D eigenvalue weighted by molar-refractivity contribution is 5.95. The molecule has 0 bridgehead atoms. The summed E-state index contributed by atoms with van der Waals surface area (Å²) in [6, 6.07) is 8.15. The van der Waals surface area contributed by atoms with E-state index in [1.54, 1.807) is 0 Å². The second kappa shape index (κ2) is 9.27. The number of allylic oxidation sites excluding steroid dienone is 2. The zero-order valence-corrected chi connectivity index (χ0v) is 20.1. The van der Waals surface area contributed by atoms with Gasteiger partial charge in [0.25, 0.3) is 0 Å². The van der Waals surface area contributed by atoms with Gasteiger partial charge in [0.2, 0.25) is 5.78 Å². The highest BCUT2D eigenvalue weighted by Gasteiger charge is 2.35. The Hall–Kier alpha value is -2.71. The van der Waals surface area contributed by atoms with Gasteiger partial charge in [-0.2, -0.15) is 5.26 Å². The summed E-state index contributed by atoms with van der Waals surface area (Å²) < 4.78 is 0. The summed E-state index contributed by atoms with van der Waals surface area (Å²) in [5, 5.41) is 20.5. The molecule has 2 aliphatic carbocycles. The number of nitriles is 1. The van der Waals surface area contributed by atoms with Gasteiger partial charge in [0.15, 0.2) is 5.82 Å². The Balaban J connectivity index is 1.66. The van der Waals surface area contributed by atoms with E-state index in [4.69, 9.17) is 5.26 Å². The Labute approximate surface area is 196 Å². The molecule has 5 nitrogen and oxygen atoms in total. The van der Waals surface area contributed by atoms with Crippen LogP contribution in [0.5, 0.6) is 0 Å². The standard InChI is InChI=1S/C28H35N3O2/c1-4-19-7-13-28(33,14-8-19)22-6-5-21(15-25(32)26-30-18-23(17-29)31-26)24(16-22)20-9-11-27(2,3)12-10-20/h5-6,9,16,18-19,33H,4,7-8,10-15H2,1-3H3,(H,30,31). The predicted octanol–water partition coefficient (Wildman–Crippen LogP) is 6.09. The molecule has 0 unspecified atom stereocenters. The van der Waals surface area contributed by atoms with Crippen molar-refractivity contribution in [1.82, 2.24) is 9.97 Å². The number of aliphatic hydroxyl groups is 1. The largest absolute Gasteiger partial charge is 0.385 e. The number of ketones is 1. The number of nitrogens with one attached hydrogen (secondary N) is 1. The molecule has 2 N–H and O–H groups in total. The molecular weight excluding hydrogens is 410 g/mol. The zero-order valence-electron chi connectivity index (χ0n) is 20.1. The van der Waals surface area contributed by atoms with E-state index in [1.807, 2.05) is 18.2 Å². The van der Waals surface area contributed by atoms with Gasteiger partial charge in [0.1, 0.15) is 11.8 Å². The molecule has 33 heavy (non-hydrogen) atoms. The molecule has 4 rings (SSSR count). The number of imidazole rings is 1. The molecule has 2 aliphatic rings. The number of hydrogen-bond donors (Lipinski definition) is 2. The van der Waals surface area contributed by atoms with Gasteiger partial charge in [0, 0.05) is 6.42 Å². The third-order valence-electron chi connectivity index (χ3n) is 7.79. The summed E-state index contributed by atoms with van der Waals surface area (Å²) in [4.78, 5) is 19.8. The van der Waals surface area contributed by atoms with E-state index in [0.717, 1.165) is 61.6 Å². The summed E-state index contributed by atoms with van der Waals surface area (Å²) in [5.74, 6) is 0.790. The molecule has 0 spiro atoms. The molecule has 1 fully saturated rings. The summed E-state index contributed by atoms with van der Waals surface area (Å²) in [7, 11) is 0. The lowest BCUT2D eigenvalue weighted by Crippen LogP contribution is -2.31. The molecule has 1 heterocycles. The van der Waals surface area contributed by atoms with Crippen LogP contribution in [0.25, 0.3) is 5.57 Å². The maximum absolute atomic E-state index is 12.9. The first-order valence-electron chi connectivity index (χ1n) is 12.3. The maximum atomic E-state index is 12.9. The van der Waals surface area contributed by atoms with Crippen LogP contribution in [0.1, 0.15) is 105 Å². The average Bonchev–Trinajstić information content (AvgIpc) is 3.30. The second-order valence-corrected chi connectivity index (χ2v) is 10.7. The van der Waals surface area contributed by atoms with Crippen molar-refractivity contribution in [3.05, 3.63) is 58.7 Å². The Morgan fingerprint density at radius 3 is 2.64 bits per heavy atom. The van der Waals surface area contributed by atoms with E-state index in [-0.39, 0.29) is 29.1 Å². The first-order valence-corrected chi connectivity index (χ1v) is 12.3. The summed E-state index contributed by atoms with van der Waals surface area (Å²) in [5.41, 5.74) is 4.05. The molecular formula is C28H35N3O2. The molecule has 0 amide bonds. The van der Waals surface area contributed by atoms with E-state index < -0.39 is 5.60 Å². The number of Topliss-reactive ketones (excluding diaryl/α,β-unsaturated/α-hetero) is 1. The van der Waals surface area contributed by atoms with E-state index in [9.17, 15) is 9.90 Å². The molecule has 0 saturated heterocycles. The van der Waals surface area contributed by atoms with Gasteiger partial charge >= 0.3 is 0 Å². The first-order chi connectivity index (χ1) is 15.7. The van der Waals surface area contributed by atoms with Crippen LogP contribution in [0.4, 0.5) is 0 Å². The van der Waals surface area contributed by atoms with Crippen molar-refractivity contribution in [2.45, 2.75) is 84.2 Å². The summed E-state index contributed by atoms with van der Waals surface area (Å²) in [6.45, 7) is 6.81. The Kier molecular flexibility index (Phi) is 6.59. The third kappa shape index (κ3) is 5.12. The number of aromatic nitrogens is 2. The van der Waals surface area contributed by atoms with Crippen LogP contribution in [0, 0.1) is 22.7 Å². The third-order valence-corrected chi connectivity index (χ3v) is 7.79. The minimum absolute atomic E-state index is 0.135. The van der Waals surface area contributed by atoms with E-state index in [2.05, 4.69) is 42.9 Å². The SMILES string of the molecule is CCC1CCC(O)(c2ccc(CC(=O)c3ncc(C#N)[nH]3)c(C3=CCC(C)(C)CC3)c2)CC1. The average molecular weight is 446 g/mol. The number of nitrogens with zero attached hydrogens (tertiary/aromatic N) is 2. The lowest BCUT2D eigenvalue weighted by Gasteiger charge is -2.37. The molecule has 174 valence electrons. The van der Waals surface area contributed by atoms with Gasteiger partial charge in [-0.3, -0.25) is 4.79 Å². The molecule has 1 aromatic heterocycles. The smallest absolute Gasteiger partial charge is 0.202 e. The van der Waals surface area contributed by atoms with Crippen LogP contribution in [0.2, 0.25) is 0 Å². The molecule has 0 radical (unpaired) electrons. The molecule has 0 aliphatic heterocycles. The summed E-state index contributed by atoms with van der Waals surface area (Å²) >= 11 is 0. The van der Waals surface area contributed by atoms with Gasteiger partial charge in [0.05, 0.1) is 11.8 Å². The minimum Gasteiger partial charge on any atom is -0.385 e. The molecule has 1 saturated carbocycles. The number of hydrogen-bond acceptors (Lipinski definition) is 4. The quantitative estimate of drug-likeness (QED) is 0.527. The fraction of sp³-hybridized carbons (Fsp3) is 0.536. The van der Waals surface area contributed by atoms with Crippen LogP contribution < -0.4 is 0 Å². The van der Waals surface area contributed by atoms with Gasteiger partial charge in [-0.1, -0.05) is 45.4 Å². The Morgan fingerprint density at radius 2 is 2.03 bits per heavy atom. The lowest BCUT2D eigenvalue weighted by molar-refractivity contribution is -0.0146. The van der Waals surface area contributed by atoms with Gasteiger partial charge in [-0.15, -0.1) is 0 Å². The monoisotopic (exact) mass is 445 g/mol. The number of aromatic amines is 1. The van der Waals surface area contributed by atoms with Crippen LogP contribution in [-0.4, -0.2) is 20.9 Å². The number of carbonyl (C=O) groups excluding carboxylic acids is 1. The number of rotatable bonds is 6. The predicted molar refractivity (Wildman–Crippen MR) is 130 cm³/mol. The molecule has 5 heteroatoms. The van der Waals surface area contributed by atoms with Crippen LogP contribution in [0.15, 0.2) is 30.5 Å². The fourth-order valence-electron chi connectivity index (χ4n) is 5.27. The highest BCUT2D eigenvalue weighted by atomic mass is 16.3. The summed E-state index contributed by atoms with van der Waals surface area (Å²) in [6.07, 6.45) is 11.9. The van der Waals surface area contributed by atoms with Crippen molar-refractivity contribution in [3.8, 4) is 6.07 Å². The zero-order chi connectivity index (χ0) is 23.6. The van der Waals surface area contributed by atoms with Crippen molar-refractivity contribution in [2.75, 3.05) is 0 Å². The van der Waals surface area contributed by atoms with Crippen LogP contribution in [0.3, 0.4) is 0 Å². The first kappa shape index (κ1) is 23.4. The van der Waals surface area contributed by atoms with E-state index in [0.29, 0.717) is 5.92 Å². The molecule has 2 aromatic rings. The van der Waals surface area contributed by atoms with Crippen molar-refractivity contribution >= 4 is 11.4 Å². The topological polar surface area (TPSA) is 89.8 Å². The number of benzene rings is 1. The van der Waals surface area contributed by atoms with Gasteiger partial charge in [-0.25, -0.2) is 4.98 Å². The minimum atomic E-state index is -0.792. The second-order valence-electron chi connectivity index (χ2n) is 10.7. The van der Waals surface area contributed by atoms with Crippen LogP contribution >= 0.6 is 0 Å². The number of carbonyl (C=O) groups is 1. The Bertz CT molecular complexity index is 1090. The van der Waals surface area contributed by atoms with E-state index in [1.165, 1.54) is 18.2 Å². The van der Waals surface area contributed by atoms with Crippen molar-refractivity contribution in [1.29, 1.82) is 5.26 Å². The normalized spacial score (nSPS) is 24.7. The highest BCUT2D eigenvalue weighted by Crippen LogP contribution is 2.43. The fourth-order valence-corrected chi connectivity index (χ4v) is 5.27. The van der Waals surface area contributed by atoms with Gasteiger partial charge in [-0.05, 0) is 84.6 Å². The van der Waals surface area contributed by atoms with Crippen molar-refractivity contribution in [2.24, 2.45) is 11.3 Å². The molecule has 1 aromatic carbocycles.